The van der Waals surface area contributed by atoms with Crippen LogP contribution in [-0.4, -0.2) is 32.8 Å². The van der Waals surface area contributed by atoms with E-state index < -0.39 is 0 Å². The number of hydrogen-bond donors (Lipinski definition) is 0. The Kier molecular flexibility index (Phi) is 5.30. The number of pyridine rings is 1. The molecule has 140 valence electrons. The van der Waals surface area contributed by atoms with Crippen molar-refractivity contribution in [2.75, 3.05) is 13.1 Å². The van der Waals surface area contributed by atoms with E-state index in [4.69, 9.17) is 4.98 Å². The highest BCUT2D eigenvalue weighted by Gasteiger charge is 2.22. The fourth-order valence-electron chi connectivity index (χ4n) is 3.88. The quantitative estimate of drug-likeness (QED) is 0.688. The van der Waals surface area contributed by atoms with E-state index in [9.17, 15) is 4.39 Å². The summed E-state index contributed by atoms with van der Waals surface area (Å²) in [5.74, 6) is 0.312. The van der Waals surface area contributed by atoms with Gasteiger partial charge in [0.05, 0.1) is 6.20 Å². The fraction of sp³-hybridized carbons (Fsp3) is 0.364. The zero-order valence-corrected chi connectivity index (χ0v) is 15.7. The second kappa shape index (κ2) is 8.01. The van der Waals surface area contributed by atoms with Gasteiger partial charge in [-0.05, 0) is 55.8 Å². The fourth-order valence-corrected chi connectivity index (χ4v) is 3.88. The average molecular weight is 364 g/mol. The van der Waals surface area contributed by atoms with Gasteiger partial charge in [0.25, 0.3) is 0 Å². The minimum Gasteiger partial charge on any atom is -0.299 e. The maximum Gasteiger partial charge on any atom is 0.123 e. The molecule has 4 nitrogen and oxygen atoms in total. The van der Waals surface area contributed by atoms with Gasteiger partial charge in [-0.25, -0.2) is 4.39 Å². The van der Waals surface area contributed by atoms with Crippen LogP contribution in [0.3, 0.4) is 0 Å². The summed E-state index contributed by atoms with van der Waals surface area (Å²) in [7, 11) is 1.96. The normalized spacial score (nSPS) is 15.9. The van der Waals surface area contributed by atoms with Gasteiger partial charge < -0.3 is 0 Å². The van der Waals surface area contributed by atoms with Gasteiger partial charge in [0.15, 0.2) is 0 Å². The number of likely N-dealkylation sites (tertiary alicyclic amines) is 1. The van der Waals surface area contributed by atoms with Crippen LogP contribution in [0.4, 0.5) is 4.39 Å². The largest absolute Gasteiger partial charge is 0.299 e. The lowest BCUT2D eigenvalue weighted by Gasteiger charge is -2.31. The zero-order chi connectivity index (χ0) is 18.6. The van der Waals surface area contributed by atoms with Gasteiger partial charge in [-0.3, -0.25) is 14.6 Å². The van der Waals surface area contributed by atoms with Gasteiger partial charge in [0.1, 0.15) is 5.82 Å². The van der Waals surface area contributed by atoms with Gasteiger partial charge in [0, 0.05) is 49.1 Å². The average Bonchev–Trinajstić information content (AvgIpc) is 3.07. The number of aryl methyl sites for hydroxylation is 1. The number of rotatable bonds is 5. The molecule has 27 heavy (non-hydrogen) atoms. The Labute approximate surface area is 159 Å². The first-order chi connectivity index (χ1) is 13.2. The first kappa shape index (κ1) is 17.9. The zero-order valence-electron chi connectivity index (χ0n) is 15.7. The Balaban J connectivity index is 1.37. The molecule has 0 radical (unpaired) electrons. The second-order valence-corrected chi connectivity index (χ2v) is 7.43. The molecule has 0 aliphatic carbocycles. The van der Waals surface area contributed by atoms with Crippen molar-refractivity contribution in [3.05, 3.63) is 83.2 Å². The lowest BCUT2D eigenvalue weighted by molar-refractivity contribution is 0.203. The van der Waals surface area contributed by atoms with Crippen LogP contribution in [0.25, 0.3) is 0 Å². The molecule has 0 amide bonds. The molecule has 1 aliphatic rings. The van der Waals surface area contributed by atoms with Gasteiger partial charge in [-0.1, -0.05) is 18.2 Å². The molecule has 4 rings (SSSR count). The summed E-state index contributed by atoms with van der Waals surface area (Å²) in [6.45, 7) is 3.12. The third-order valence-corrected chi connectivity index (χ3v) is 5.27. The number of aromatic nitrogens is 3. The third-order valence-electron chi connectivity index (χ3n) is 5.27. The summed E-state index contributed by atoms with van der Waals surface area (Å²) in [5, 5.41) is 4.25. The molecule has 5 heteroatoms. The highest BCUT2D eigenvalue weighted by molar-refractivity contribution is 5.24. The Hall–Kier alpha value is -2.53. The van der Waals surface area contributed by atoms with Crippen molar-refractivity contribution in [2.45, 2.75) is 31.7 Å². The maximum atomic E-state index is 13.4. The Morgan fingerprint density at radius 1 is 1.07 bits per heavy atom. The minimum atomic E-state index is -0.190. The van der Waals surface area contributed by atoms with Crippen LogP contribution in [0.1, 0.15) is 41.3 Å². The van der Waals surface area contributed by atoms with Crippen molar-refractivity contribution in [3.63, 3.8) is 0 Å². The maximum absolute atomic E-state index is 13.4. The summed E-state index contributed by atoms with van der Waals surface area (Å²) < 4.78 is 15.3. The highest BCUT2D eigenvalue weighted by atomic mass is 19.1. The lowest BCUT2D eigenvalue weighted by Crippen LogP contribution is -2.32. The molecule has 1 aliphatic heterocycles. The molecule has 0 N–H and O–H groups in total. The van der Waals surface area contributed by atoms with Crippen molar-refractivity contribution in [3.8, 4) is 0 Å². The molecule has 0 saturated carbocycles. The molecule has 0 unspecified atom stereocenters. The van der Waals surface area contributed by atoms with Crippen molar-refractivity contribution in [1.29, 1.82) is 0 Å². The molecule has 1 aromatic carbocycles. The number of piperidine rings is 1. The van der Waals surface area contributed by atoms with Crippen molar-refractivity contribution >= 4 is 0 Å². The first-order valence-electron chi connectivity index (χ1n) is 9.56. The van der Waals surface area contributed by atoms with Gasteiger partial charge in [-0.2, -0.15) is 5.10 Å². The predicted molar refractivity (Wildman–Crippen MR) is 104 cm³/mol. The van der Waals surface area contributed by atoms with Crippen LogP contribution >= 0.6 is 0 Å². The second-order valence-electron chi connectivity index (χ2n) is 7.43. The molecule has 3 aromatic rings. The van der Waals surface area contributed by atoms with E-state index in [1.165, 1.54) is 17.3 Å². The molecule has 1 saturated heterocycles. The SMILES string of the molecule is Cn1cc(CN2CCC(c3cccc(Cc4cccc(F)c4)n3)CC2)cn1. The summed E-state index contributed by atoms with van der Waals surface area (Å²) in [5.41, 5.74) is 4.41. The van der Waals surface area contributed by atoms with E-state index in [2.05, 4.69) is 28.3 Å². The number of nitrogens with zero attached hydrogens (tertiary/aromatic N) is 4. The number of benzene rings is 1. The standard InChI is InChI=1S/C22H25FN4/c1-26-15-18(14-24-26)16-27-10-8-19(9-11-27)22-7-3-6-21(25-22)13-17-4-2-5-20(23)12-17/h2-7,12,14-15,19H,8-11,13,16H2,1H3. The van der Waals surface area contributed by atoms with Gasteiger partial charge >= 0.3 is 0 Å². The number of hydrogen-bond acceptors (Lipinski definition) is 3. The van der Waals surface area contributed by atoms with Crippen LogP contribution in [0.5, 0.6) is 0 Å². The van der Waals surface area contributed by atoms with Crippen molar-refractivity contribution in [2.24, 2.45) is 7.05 Å². The van der Waals surface area contributed by atoms with Crippen molar-refractivity contribution < 1.29 is 4.39 Å². The molecule has 0 atom stereocenters. The summed E-state index contributed by atoms with van der Waals surface area (Å²) in [6, 6.07) is 13.0. The number of halogens is 1. The Morgan fingerprint density at radius 2 is 1.89 bits per heavy atom. The van der Waals surface area contributed by atoms with E-state index in [0.29, 0.717) is 12.3 Å². The molecule has 0 bridgehead atoms. The topological polar surface area (TPSA) is 34.0 Å². The van der Waals surface area contributed by atoms with Crippen LogP contribution < -0.4 is 0 Å². The van der Waals surface area contributed by atoms with Gasteiger partial charge in [0.2, 0.25) is 0 Å². The summed E-state index contributed by atoms with van der Waals surface area (Å²) >= 11 is 0. The summed E-state index contributed by atoms with van der Waals surface area (Å²) in [4.78, 5) is 7.37. The summed E-state index contributed by atoms with van der Waals surface area (Å²) in [6.07, 6.45) is 6.95. The highest BCUT2D eigenvalue weighted by Crippen LogP contribution is 2.27. The Bertz CT molecular complexity index is 897. The van der Waals surface area contributed by atoms with Crippen LogP contribution in [-0.2, 0) is 20.0 Å². The molecular formula is C22H25FN4. The van der Waals surface area contributed by atoms with Crippen LogP contribution in [0, 0.1) is 5.82 Å². The first-order valence-corrected chi connectivity index (χ1v) is 9.56. The monoisotopic (exact) mass is 364 g/mol. The van der Waals surface area contributed by atoms with Crippen LogP contribution in [0.2, 0.25) is 0 Å². The molecule has 0 spiro atoms. The predicted octanol–water partition coefficient (Wildman–Crippen LogP) is 3.92. The van der Waals surface area contributed by atoms with Crippen LogP contribution in [0.15, 0.2) is 54.9 Å². The Morgan fingerprint density at radius 3 is 2.63 bits per heavy atom. The van der Waals surface area contributed by atoms with E-state index in [1.807, 2.05) is 30.1 Å². The smallest absolute Gasteiger partial charge is 0.123 e. The minimum absolute atomic E-state index is 0.190. The molecule has 2 aromatic heterocycles. The van der Waals surface area contributed by atoms with E-state index in [1.54, 1.807) is 12.1 Å². The van der Waals surface area contributed by atoms with Gasteiger partial charge in [-0.15, -0.1) is 0 Å². The van der Waals surface area contributed by atoms with E-state index in [0.717, 1.165) is 43.7 Å². The third kappa shape index (κ3) is 4.61. The molecular weight excluding hydrogens is 339 g/mol. The van der Waals surface area contributed by atoms with E-state index in [-0.39, 0.29) is 5.82 Å². The molecule has 1 fully saturated rings. The van der Waals surface area contributed by atoms with Crippen molar-refractivity contribution in [1.82, 2.24) is 19.7 Å². The molecule has 3 heterocycles. The van der Waals surface area contributed by atoms with E-state index >= 15 is 0 Å². The lowest BCUT2D eigenvalue weighted by atomic mass is 9.92.